The molecule has 21 heavy (non-hydrogen) atoms. The van der Waals surface area contributed by atoms with Gasteiger partial charge in [0, 0.05) is 14.6 Å². The van der Waals surface area contributed by atoms with E-state index in [0.29, 0.717) is 17.3 Å². The summed E-state index contributed by atoms with van der Waals surface area (Å²) in [7, 11) is 0. The Bertz CT molecular complexity index is 729. The Morgan fingerprint density at radius 1 is 1.19 bits per heavy atom. The Morgan fingerprint density at radius 3 is 2.10 bits per heavy atom. The van der Waals surface area contributed by atoms with Gasteiger partial charge in [0.05, 0.1) is 11.3 Å². The molecule has 3 nitrogen and oxygen atoms in total. The molecule has 110 valence electrons. The van der Waals surface area contributed by atoms with Crippen molar-refractivity contribution in [2.24, 2.45) is 0 Å². The molecule has 2 N–H and O–H groups in total. The lowest BCUT2D eigenvalue weighted by Gasteiger charge is -2.16. The topological polar surface area (TPSA) is 54.7 Å². The number of nitriles is 1. The van der Waals surface area contributed by atoms with E-state index in [2.05, 4.69) is 63.9 Å². The van der Waals surface area contributed by atoms with Gasteiger partial charge in [-0.2, -0.15) is 5.26 Å². The summed E-state index contributed by atoms with van der Waals surface area (Å²) in [6.07, 6.45) is 0. The van der Waals surface area contributed by atoms with Gasteiger partial charge in [-0.3, -0.25) is 4.57 Å². The molecule has 1 heterocycles. The molecule has 1 aromatic carbocycles. The molecule has 0 fully saturated rings. The van der Waals surface area contributed by atoms with Crippen molar-refractivity contribution in [1.29, 1.82) is 5.26 Å². The van der Waals surface area contributed by atoms with Crippen LogP contribution < -0.4 is 5.73 Å². The van der Waals surface area contributed by atoms with Gasteiger partial charge in [-0.1, -0.05) is 13.8 Å². The minimum absolute atomic E-state index is 0.436. The Hall–Kier alpha value is -1.25. The summed E-state index contributed by atoms with van der Waals surface area (Å²) in [4.78, 5) is 0. The van der Waals surface area contributed by atoms with Crippen LogP contribution in [0.3, 0.4) is 0 Å². The van der Waals surface area contributed by atoms with Crippen LogP contribution in [-0.2, 0) is 0 Å². The average Bonchev–Trinajstić information content (AvgIpc) is 2.61. The molecule has 0 radical (unpaired) electrons. The molecular formula is C16H17Br2N3. The van der Waals surface area contributed by atoms with Gasteiger partial charge in [0.25, 0.3) is 0 Å². The molecular weight excluding hydrogens is 394 g/mol. The van der Waals surface area contributed by atoms with Crippen LogP contribution in [-0.4, -0.2) is 4.57 Å². The summed E-state index contributed by atoms with van der Waals surface area (Å²) >= 11 is 7.28. The van der Waals surface area contributed by atoms with E-state index in [1.807, 2.05) is 18.4 Å². The highest BCUT2D eigenvalue weighted by Gasteiger charge is 2.20. The standard InChI is InChI=1S/C16H17Br2N3/c1-8(2)11-5-13(17)15(14(18)6-11)21-10(4)9(3)12(7-19)16(21)20/h5-6,8H,20H2,1-4H3. The minimum atomic E-state index is 0.436. The third-order valence-electron chi connectivity index (χ3n) is 3.79. The fraction of sp³-hybridized carbons (Fsp3) is 0.312. The average molecular weight is 411 g/mol. The lowest BCUT2D eigenvalue weighted by molar-refractivity contribution is 0.861. The van der Waals surface area contributed by atoms with Gasteiger partial charge in [-0.05, 0) is 74.9 Å². The Labute approximate surface area is 142 Å². The van der Waals surface area contributed by atoms with Crippen LogP contribution in [0.1, 0.15) is 42.1 Å². The number of benzene rings is 1. The second-order valence-corrected chi connectivity index (χ2v) is 7.11. The lowest BCUT2D eigenvalue weighted by atomic mass is 10.0. The number of rotatable bonds is 2. The zero-order chi connectivity index (χ0) is 15.9. The molecule has 0 aliphatic heterocycles. The molecule has 0 bridgehead atoms. The molecule has 0 atom stereocenters. The number of anilines is 1. The molecule has 0 aliphatic carbocycles. The highest BCUT2D eigenvalue weighted by atomic mass is 79.9. The van der Waals surface area contributed by atoms with Gasteiger partial charge in [-0.15, -0.1) is 0 Å². The zero-order valence-electron chi connectivity index (χ0n) is 12.5. The number of aromatic nitrogens is 1. The van der Waals surface area contributed by atoms with Crippen molar-refractivity contribution in [3.05, 3.63) is 43.5 Å². The number of hydrogen-bond donors (Lipinski definition) is 1. The van der Waals surface area contributed by atoms with Gasteiger partial charge in [0.15, 0.2) is 0 Å². The molecule has 0 aliphatic rings. The van der Waals surface area contributed by atoms with Crippen molar-refractivity contribution >= 4 is 37.7 Å². The molecule has 0 amide bonds. The van der Waals surface area contributed by atoms with Crippen LogP contribution in [0.25, 0.3) is 5.69 Å². The molecule has 5 heteroatoms. The second-order valence-electron chi connectivity index (χ2n) is 5.41. The van der Waals surface area contributed by atoms with Crippen molar-refractivity contribution in [1.82, 2.24) is 4.57 Å². The molecule has 0 spiro atoms. The number of nitrogens with zero attached hydrogens (tertiary/aromatic N) is 2. The van der Waals surface area contributed by atoms with Gasteiger partial charge < -0.3 is 5.73 Å². The highest BCUT2D eigenvalue weighted by Crippen LogP contribution is 2.37. The number of nitrogen functional groups attached to an aromatic ring is 1. The summed E-state index contributed by atoms with van der Waals surface area (Å²) in [6.45, 7) is 8.20. The zero-order valence-corrected chi connectivity index (χ0v) is 15.6. The first-order valence-corrected chi connectivity index (χ1v) is 8.25. The van der Waals surface area contributed by atoms with Crippen molar-refractivity contribution in [2.45, 2.75) is 33.6 Å². The van der Waals surface area contributed by atoms with E-state index in [9.17, 15) is 5.26 Å². The summed E-state index contributed by atoms with van der Waals surface area (Å²) in [5, 5.41) is 9.27. The predicted molar refractivity (Wildman–Crippen MR) is 93.9 cm³/mol. The van der Waals surface area contributed by atoms with E-state index in [-0.39, 0.29) is 0 Å². The van der Waals surface area contributed by atoms with E-state index >= 15 is 0 Å². The van der Waals surface area contributed by atoms with E-state index in [1.165, 1.54) is 5.56 Å². The van der Waals surface area contributed by atoms with Crippen LogP contribution in [0.15, 0.2) is 21.1 Å². The molecule has 0 saturated heterocycles. The van der Waals surface area contributed by atoms with Crippen LogP contribution in [0, 0.1) is 25.2 Å². The fourth-order valence-electron chi connectivity index (χ4n) is 2.39. The maximum absolute atomic E-state index is 9.27. The Kier molecular flexibility index (Phi) is 4.50. The summed E-state index contributed by atoms with van der Waals surface area (Å²) in [6, 6.07) is 6.39. The third kappa shape index (κ3) is 2.63. The smallest absolute Gasteiger partial charge is 0.126 e. The fourth-order valence-corrected chi connectivity index (χ4v) is 3.97. The third-order valence-corrected chi connectivity index (χ3v) is 5.00. The summed E-state index contributed by atoms with van der Waals surface area (Å²) < 4.78 is 3.83. The molecule has 2 rings (SSSR count). The SMILES string of the molecule is Cc1c(C#N)c(N)n(-c2c(Br)cc(C(C)C)cc2Br)c1C. The Balaban J connectivity index is 2.78. The quantitative estimate of drug-likeness (QED) is 0.739. The summed E-state index contributed by atoms with van der Waals surface area (Å²) in [5.74, 6) is 0.914. The first-order chi connectivity index (χ1) is 9.79. The maximum atomic E-state index is 9.27. The minimum Gasteiger partial charge on any atom is -0.384 e. The van der Waals surface area contributed by atoms with Crippen molar-refractivity contribution in [3.8, 4) is 11.8 Å². The van der Waals surface area contributed by atoms with Crippen LogP contribution in [0.5, 0.6) is 0 Å². The number of hydrogen-bond acceptors (Lipinski definition) is 2. The van der Waals surface area contributed by atoms with Gasteiger partial charge >= 0.3 is 0 Å². The van der Waals surface area contributed by atoms with Crippen LogP contribution in [0.2, 0.25) is 0 Å². The van der Waals surface area contributed by atoms with Crippen molar-refractivity contribution in [3.63, 3.8) is 0 Å². The molecule has 2 aromatic rings. The molecule has 0 saturated carbocycles. The molecule has 1 aromatic heterocycles. The lowest BCUT2D eigenvalue weighted by Crippen LogP contribution is -2.05. The second kappa shape index (κ2) is 5.86. The van der Waals surface area contributed by atoms with Crippen molar-refractivity contribution in [2.75, 3.05) is 5.73 Å². The van der Waals surface area contributed by atoms with Gasteiger partial charge in [-0.25, -0.2) is 0 Å². The largest absolute Gasteiger partial charge is 0.384 e. The van der Waals surface area contributed by atoms with Gasteiger partial charge in [0.2, 0.25) is 0 Å². The van der Waals surface area contributed by atoms with Crippen LogP contribution in [0.4, 0.5) is 5.82 Å². The normalized spacial score (nSPS) is 11.0. The van der Waals surface area contributed by atoms with E-state index in [1.54, 1.807) is 0 Å². The van der Waals surface area contributed by atoms with Crippen molar-refractivity contribution < 1.29 is 0 Å². The van der Waals surface area contributed by atoms with E-state index in [0.717, 1.165) is 25.9 Å². The maximum Gasteiger partial charge on any atom is 0.126 e. The summed E-state index contributed by atoms with van der Waals surface area (Å²) in [5.41, 5.74) is 10.8. The highest BCUT2D eigenvalue weighted by molar-refractivity contribution is 9.11. The monoisotopic (exact) mass is 409 g/mol. The predicted octanol–water partition coefficient (Wildman–Crippen LogP) is 5.20. The number of nitrogens with two attached hydrogens (primary N) is 1. The van der Waals surface area contributed by atoms with Crippen LogP contribution >= 0.6 is 31.9 Å². The van der Waals surface area contributed by atoms with E-state index in [4.69, 9.17) is 5.73 Å². The van der Waals surface area contributed by atoms with E-state index < -0.39 is 0 Å². The Morgan fingerprint density at radius 2 is 1.71 bits per heavy atom. The first-order valence-electron chi connectivity index (χ1n) is 6.66. The number of halogens is 2. The molecule has 0 unspecified atom stereocenters. The first kappa shape index (κ1) is 16.1. The van der Waals surface area contributed by atoms with Gasteiger partial charge in [0.1, 0.15) is 11.9 Å².